The van der Waals surface area contributed by atoms with Crippen molar-refractivity contribution in [1.29, 1.82) is 5.26 Å². The Kier molecular flexibility index (Phi) is 4.29. The highest BCUT2D eigenvalue weighted by Gasteiger charge is 2.25. The first kappa shape index (κ1) is 13.3. The van der Waals surface area contributed by atoms with E-state index in [2.05, 4.69) is 15.3 Å². The van der Waals surface area contributed by atoms with Crippen LogP contribution in [0.25, 0.3) is 0 Å². The van der Waals surface area contributed by atoms with Gasteiger partial charge in [-0.2, -0.15) is 5.26 Å². The molecule has 0 unspecified atom stereocenters. The zero-order valence-corrected chi connectivity index (χ0v) is 10.5. The summed E-state index contributed by atoms with van der Waals surface area (Å²) in [5.74, 6) is 0.0373. The van der Waals surface area contributed by atoms with Crippen molar-refractivity contribution in [2.75, 3.05) is 11.9 Å². The van der Waals surface area contributed by atoms with E-state index in [1.165, 1.54) is 0 Å². The van der Waals surface area contributed by atoms with Crippen LogP contribution in [-0.2, 0) is 4.79 Å². The van der Waals surface area contributed by atoms with Crippen LogP contribution in [0.15, 0.2) is 12.3 Å². The normalized spacial score (nSPS) is 22.5. The lowest BCUT2D eigenvalue weighted by Crippen LogP contribution is -2.25. The Morgan fingerprint density at radius 1 is 1.47 bits per heavy atom. The third-order valence-electron chi connectivity index (χ3n) is 3.51. The summed E-state index contributed by atoms with van der Waals surface area (Å²) in [5.41, 5.74) is 0.340. The Bertz CT molecular complexity index is 490. The van der Waals surface area contributed by atoms with E-state index in [4.69, 9.17) is 10.4 Å². The Hall–Kier alpha value is -2.16. The Balaban J connectivity index is 1.80. The number of hydrogen-bond donors (Lipinski definition) is 2. The highest BCUT2D eigenvalue weighted by atomic mass is 16.4. The largest absolute Gasteiger partial charge is 0.481 e. The van der Waals surface area contributed by atoms with Crippen LogP contribution in [0.4, 0.5) is 5.95 Å². The predicted molar refractivity (Wildman–Crippen MR) is 68.3 cm³/mol. The van der Waals surface area contributed by atoms with E-state index in [0.29, 0.717) is 17.6 Å². The molecule has 0 amide bonds. The zero-order valence-electron chi connectivity index (χ0n) is 10.5. The molecule has 2 N–H and O–H groups in total. The average molecular weight is 260 g/mol. The second-order valence-corrected chi connectivity index (χ2v) is 4.81. The van der Waals surface area contributed by atoms with Gasteiger partial charge in [-0.15, -0.1) is 0 Å². The summed E-state index contributed by atoms with van der Waals surface area (Å²) in [5, 5.41) is 20.8. The number of hydrogen-bond acceptors (Lipinski definition) is 5. The van der Waals surface area contributed by atoms with Gasteiger partial charge in [0.2, 0.25) is 5.95 Å². The molecule has 1 aromatic rings. The highest BCUT2D eigenvalue weighted by molar-refractivity contribution is 5.69. The first-order chi connectivity index (χ1) is 9.19. The van der Waals surface area contributed by atoms with Crippen molar-refractivity contribution in [3.8, 4) is 6.07 Å². The second kappa shape index (κ2) is 6.14. The molecule has 19 heavy (non-hydrogen) atoms. The standard InChI is InChI=1S/C13H16N4O2/c14-7-11-5-6-15-13(17-11)16-8-9-1-3-10(4-2-9)12(18)19/h5-6,9-10H,1-4,8H2,(H,18,19)(H,15,16,17). The van der Waals surface area contributed by atoms with E-state index >= 15 is 0 Å². The summed E-state index contributed by atoms with van der Waals surface area (Å²) in [7, 11) is 0. The summed E-state index contributed by atoms with van der Waals surface area (Å²) >= 11 is 0. The Morgan fingerprint density at radius 2 is 2.21 bits per heavy atom. The first-order valence-electron chi connectivity index (χ1n) is 6.39. The van der Waals surface area contributed by atoms with Crippen LogP contribution >= 0.6 is 0 Å². The van der Waals surface area contributed by atoms with Crippen LogP contribution in [-0.4, -0.2) is 27.6 Å². The number of rotatable bonds is 4. The zero-order chi connectivity index (χ0) is 13.7. The van der Waals surface area contributed by atoms with Crippen LogP contribution in [0.1, 0.15) is 31.4 Å². The molecule has 1 fully saturated rings. The minimum absolute atomic E-state index is 0.186. The van der Waals surface area contributed by atoms with E-state index < -0.39 is 5.97 Å². The molecule has 0 radical (unpaired) electrons. The lowest BCUT2D eigenvalue weighted by molar-refractivity contribution is -0.143. The molecule has 0 atom stereocenters. The van der Waals surface area contributed by atoms with Gasteiger partial charge < -0.3 is 10.4 Å². The van der Waals surface area contributed by atoms with Crippen molar-refractivity contribution >= 4 is 11.9 Å². The van der Waals surface area contributed by atoms with Gasteiger partial charge in [0.05, 0.1) is 5.92 Å². The maximum atomic E-state index is 10.8. The van der Waals surface area contributed by atoms with Crippen LogP contribution in [0.5, 0.6) is 0 Å². The van der Waals surface area contributed by atoms with Gasteiger partial charge in [0.15, 0.2) is 0 Å². The van der Waals surface area contributed by atoms with Gasteiger partial charge in [0.1, 0.15) is 11.8 Å². The Morgan fingerprint density at radius 3 is 2.84 bits per heavy atom. The molecular weight excluding hydrogens is 244 g/mol. The number of carbonyl (C=O) groups is 1. The number of carboxylic acid groups (broad SMARTS) is 1. The molecule has 0 saturated heterocycles. The summed E-state index contributed by atoms with van der Waals surface area (Å²) in [6.45, 7) is 0.723. The molecule has 1 aromatic heterocycles. The summed E-state index contributed by atoms with van der Waals surface area (Å²) in [6.07, 6.45) is 4.83. The van der Waals surface area contributed by atoms with Crippen molar-refractivity contribution in [2.24, 2.45) is 11.8 Å². The second-order valence-electron chi connectivity index (χ2n) is 4.81. The van der Waals surface area contributed by atoms with Crippen molar-refractivity contribution in [1.82, 2.24) is 9.97 Å². The number of anilines is 1. The highest BCUT2D eigenvalue weighted by Crippen LogP contribution is 2.28. The monoisotopic (exact) mass is 260 g/mol. The van der Waals surface area contributed by atoms with Gasteiger partial charge in [-0.05, 0) is 37.7 Å². The maximum Gasteiger partial charge on any atom is 0.306 e. The SMILES string of the molecule is N#Cc1ccnc(NCC2CCC(C(=O)O)CC2)n1. The third-order valence-corrected chi connectivity index (χ3v) is 3.51. The van der Waals surface area contributed by atoms with Crippen LogP contribution in [0.2, 0.25) is 0 Å². The number of nitriles is 1. The van der Waals surface area contributed by atoms with E-state index in [-0.39, 0.29) is 5.92 Å². The molecule has 0 bridgehead atoms. The van der Waals surface area contributed by atoms with Gasteiger partial charge in [-0.3, -0.25) is 4.79 Å². The molecule has 1 saturated carbocycles. The van der Waals surface area contributed by atoms with Gasteiger partial charge in [0.25, 0.3) is 0 Å². The Labute approximate surface area is 111 Å². The van der Waals surface area contributed by atoms with Gasteiger partial charge in [-0.1, -0.05) is 0 Å². The molecule has 0 spiro atoms. The molecule has 2 rings (SSSR count). The predicted octanol–water partition coefficient (Wildman–Crippen LogP) is 1.65. The van der Waals surface area contributed by atoms with Crippen molar-refractivity contribution < 1.29 is 9.90 Å². The number of nitrogens with one attached hydrogen (secondary N) is 1. The summed E-state index contributed by atoms with van der Waals surface area (Å²) < 4.78 is 0. The minimum atomic E-state index is -0.684. The number of aliphatic carboxylic acids is 1. The number of carboxylic acids is 1. The fourth-order valence-corrected chi connectivity index (χ4v) is 2.36. The molecule has 6 heteroatoms. The van der Waals surface area contributed by atoms with E-state index in [0.717, 1.165) is 32.2 Å². The maximum absolute atomic E-state index is 10.8. The topological polar surface area (TPSA) is 98.9 Å². The molecule has 1 aliphatic carbocycles. The lowest BCUT2D eigenvalue weighted by atomic mass is 9.82. The molecule has 6 nitrogen and oxygen atoms in total. The minimum Gasteiger partial charge on any atom is -0.481 e. The molecule has 0 aliphatic heterocycles. The molecule has 100 valence electrons. The molecule has 1 heterocycles. The molecular formula is C13H16N4O2. The fourth-order valence-electron chi connectivity index (χ4n) is 2.36. The lowest BCUT2D eigenvalue weighted by Gasteiger charge is -2.26. The average Bonchev–Trinajstić information content (AvgIpc) is 2.46. The number of nitrogens with zero attached hydrogens (tertiary/aromatic N) is 3. The molecule has 0 aromatic carbocycles. The quantitative estimate of drug-likeness (QED) is 0.854. The van der Waals surface area contributed by atoms with Crippen LogP contribution < -0.4 is 5.32 Å². The first-order valence-corrected chi connectivity index (χ1v) is 6.39. The van der Waals surface area contributed by atoms with E-state index in [1.54, 1.807) is 12.3 Å². The van der Waals surface area contributed by atoms with Crippen molar-refractivity contribution in [3.05, 3.63) is 18.0 Å². The van der Waals surface area contributed by atoms with E-state index in [9.17, 15) is 4.79 Å². The van der Waals surface area contributed by atoms with Crippen molar-refractivity contribution in [2.45, 2.75) is 25.7 Å². The van der Waals surface area contributed by atoms with Crippen LogP contribution in [0.3, 0.4) is 0 Å². The van der Waals surface area contributed by atoms with Crippen LogP contribution in [0, 0.1) is 23.2 Å². The van der Waals surface area contributed by atoms with E-state index in [1.807, 2.05) is 6.07 Å². The van der Waals surface area contributed by atoms with Gasteiger partial charge in [-0.25, -0.2) is 9.97 Å². The van der Waals surface area contributed by atoms with Gasteiger partial charge in [0, 0.05) is 12.7 Å². The molecule has 1 aliphatic rings. The summed E-state index contributed by atoms with van der Waals surface area (Å²) in [4.78, 5) is 18.9. The smallest absolute Gasteiger partial charge is 0.306 e. The number of aromatic nitrogens is 2. The third kappa shape index (κ3) is 3.65. The summed E-state index contributed by atoms with van der Waals surface area (Å²) in [6, 6.07) is 3.53. The van der Waals surface area contributed by atoms with Crippen molar-refractivity contribution in [3.63, 3.8) is 0 Å². The fraction of sp³-hybridized carbons (Fsp3) is 0.538. The van der Waals surface area contributed by atoms with Gasteiger partial charge >= 0.3 is 5.97 Å².